The van der Waals surface area contributed by atoms with Crippen LogP contribution in [0.5, 0.6) is 0 Å². The van der Waals surface area contributed by atoms with Gasteiger partial charge in [-0.2, -0.15) is 13.2 Å². The van der Waals surface area contributed by atoms with E-state index < -0.39 is 41.1 Å². The molecule has 1 N–H and O–H groups in total. The minimum atomic E-state index is -5.19. The number of hydrogen-bond donors (Lipinski definition) is 1. The molecular formula is C19H27F3N2O4. The van der Waals surface area contributed by atoms with Crippen molar-refractivity contribution >= 4 is 17.8 Å². The number of carbonyl (C=O) groups excluding carboxylic acids is 3. The summed E-state index contributed by atoms with van der Waals surface area (Å²) in [7, 11) is 0.955. The number of nitrogens with zero attached hydrogens (tertiary/aromatic N) is 1. The quantitative estimate of drug-likeness (QED) is 0.690. The predicted octanol–water partition coefficient (Wildman–Crippen LogP) is 3.22. The number of hydrogen-bond acceptors (Lipinski definition) is 4. The monoisotopic (exact) mass is 404 g/mol. The highest BCUT2D eigenvalue weighted by molar-refractivity contribution is 6.10. The second-order valence-corrected chi connectivity index (χ2v) is 7.32. The Morgan fingerprint density at radius 2 is 1.86 bits per heavy atom. The number of carbonyl (C=O) groups is 3. The molecule has 2 amide bonds. The highest BCUT2D eigenvalue weighted by Gasteiger charge is 2.71. The first-order valence-corrected chi connectivity index (χ1v) is 9.62. The van der Waals surface area contributed by atoms with E-state index in [0.29, 0.717) is 25.7 Å². The Hall–Kier alpha value is -2.06. The van der Waals surface area contributed by atoms with Gasteiger partial charge in [0, 0.05) is 18.2 Å². The summed E-state index contributed by atoms with van der Waals surface area (Å²) < 4.78 is 47.5. The number of unbranched alkanes of at least 4 members (excludes halogenated alkanes) is 1. The Balaban J connectivity index is 2.58. The Labute approximate surface area is 162 Å². The summed E-state index contributed by atoms with van der Waals surface area (Å²) in [5, 5.41) is 1.87. The number of methoxy groups -OCH3 is 1. The van der Waals surface area contributed by atoms with Crippen molar-refractivity contribution in [2.45, 2.75) is 83.0 Å². The van der Waals surface area contributed by atoms with Crippen molar-refractivity contribution in [2.75, 3.05) is 7.11 Å². The Kier molecular flexibility index (Phi) is 6.77. The van der Waals surface area contributed by atoms with E-state index in [-0.39, 0.29) is 12.1 Å². The summed E-state index contributed by atoms with van der Waals surface area (Å²) in [6.45, 7) is 3.10. The molecule has 2 aliphatic rings. The minimum absolute atomic E-state index is 0.100. The topological polar surface area (TPSA) is 75.7 Å². The van der Waals surface area contributed by atoms with Gasteiger partial charge in [-0.15, -0.1) is 0 Å². The standard InChI is InChI=1S/C19H27F3N2O4/c1-4-5-11-14(25)23-18(19(20,21)22)15(16(26)28-3)12(2)24(17(18)27)13-9-7-6-8-10-13/h13H,4-11H2,1-3H3,(H,23,25)/t18-/m0/s1. The lowest BCUT2D eigenvalue weighted by atomic mass is 9.88. The maximum atomic E-state index is 14.3. The molecule has 6 nitrogen and oxygen atoms in total. The number of nitrogens with one attached hydrogen (secondary N) is 1. The van der Waals surface area contributed by atoms with Gasteiger partial charge < -0.3 is 15.0 Å². The zero-order valence-electron chi connectivity index (χ0n) is 16.4. The molecule has 1 aliphatic heterocycles. The highest BCUT2D eigenvalue weighted by atomic mass is 19.4. The normalized spacial score (nSPS) is 23.9. The van der Waals surface area contributed by atoms with Crippen LogP contribution in [0, 0.1) is 0 Å². The third kappa shape index (κ3) is 3.75. The number of ether oxygens (including phenoxy) is 1. The summed E-state index contributed by atoms with van der Waals surface area (Å²) in [5.74, 6) is -3.51. The first-order chi connectivity index (χ1) is 13.1. The van der Waals surface area contributed by atoms with Crippen LogP contribution in [-0.2, 0) is 19.1 Å². The molecule has 1 aliphatic carbocycles. The van der Waals surface area contributed by atoms with Gasteiger partial charge in [0.15, 0.2) is 0 Å². The van der Waals surface area contributed by atoms with E-state index in [9.17, 15) is 27.6 Å². The average molecular weight is 404 g/mol. The Morgan fingerprint density at radius 1 is 1.25 bits per heavy atom. The summed E-state index contributed by atoms with van der Waals surface area (Å²) in [4.78, 5) is 38.8. The van der Waals surface area contributed by atoms with E-state index in [1.54, 1.807) is 6.92 Å². The van der Waals surface area contributed by atoms with Gasteiger partial charge in [-0.3, -0.25) is 9.59 Å². The number of halogens is 3. The molecule has 0 spiro atoms. The zero-order chi connectivity index (χ0) is 21.1. The van der Waals surface area contributed by atoms with Crippen molar-refractivity contribution in [3.63, 3.8) is 0 Å². The summed E-state index contributed by atoms with van der Waals surface area (Å²) in [6, 6.07) is -0.433. The largest absolute Gasteiger partial charge is 0.466 e. The summed E-state index contributed by atoms with van der Waals surface area (Å²) in [6.07, 6.45) is -0.759. The van der Waals surface area contributed by atoms with Crippen molar-refractivity contribution < 1.29 is 32.3 Å². The second kappa shape index (κ2) is 8.53. The van der Waals surface area contributed by atoms with E-state index in [1.807, 2.05) is 5.32 Å². The fourth-order valence-corrected chi connectivity index (χ4v) is 4.07. The van der Waals surface area contributed by atoms with E-state index in [2.05, 4.69) is 4.74 Å². The molecule has 1 saturated carbocycles. The third-order valence-corrected chi connectivity index (χ3v) is 5.48. The van der Waals surface area contributed by atoms with Gasteiger partial charge in [0.2, 0.25) is 11.4 Å². The van der Waals surface area contributed by atoms with E-state index >= 15 is 0 Å². The molecule has 0 aromatic heterocycles. The van der Waals surface area contributed by atoms with Crippen molar-refractivity contribution in [3.05, 3.63) is 11.3 Å². The molecule has 28 heavy (non-hydrogen) atoms. The van der Waals surface area contributed by atoms with Gasteiger partial charge >= 0.3 is 12.1 Å². The fourth-order valence-electron chi connectivity index (χ4n) is 4.07. The van der Waals surface area contributed by atoms with Crippen LogP contribution in [0.25, 0.3) is 0 Å². The van der Waals surface area contributed by atoms with Crippen LogP contribution in [0.15, 0.2) is 11.3 Å². The van der Waals surface area contributed by atoms with Gasteiger partial charge in [0.1, 0.15) is 5.57 Å². The fraction of sp³-hybridized carbons (Fsp3) is 0.737. The molecule has 0 unspecified atom stereocenters. The van der Waals surface area contributed by atoms with Crippen LogP contribution in [0.3, 0.4) is 0 Å². The van der Waals surface area contributed by atoms with Gasteiger partial charge in [-0.1, -0.05) is 32.6 Å². The molecule has 0 aromatic rings. The molecule has 1 fully saturated rings. The molecular weight excluding hydrogens is 377 g/mol. The van der Waals surface area contributed by atoms with Gasteiger partial charge in [0.25, 0.3) is 5.91 Å². The van der Waals surface area contributed by atoms with Gasteiger partial charge in [0.05, 0.1) is 7.11 Å². The predicted molar refractivity (Wildman–Crippen MR) is 94.9 cm³/mol. The second-order valence-electron chi connectivity index (χ2n) is 7.32. The van der Waals surface area contributed by atoms with Crippen molar-refractivity contribution in [1.29, 1.82) is 0 Å². The zero-order valence-corrected chi connectivity index (χ0v) is 16.4. The van der Waals surface area contributed by atoms with Crippen LogP contribution in [0.4, 0.5) is 13.2 Å². The van der Waals surface area contributed by atoms with Crippen LogP contribution in [-0.4, -0.2) is 47.6 Å². The highest BCUT2D eigenvalue weighted by Crippen LogP contribution is 2.47. The van der Waals surface area contributed by atoms with Crippen LogP contribution < -0.4 is 5.32 Å². The lowest BCUT2D eigenvalue weighted by Crippen LogP contribution is -2.66. The van der Waals surface area contributed by atoms with E-state index in [1.165, 1.54) is 6.92 Å². The molecule has 0 radical (unpaired) electrons. The maximum Gasteiger partial charge on any atom is 0.425 e. The number of alkyl halides is 3. The number of esters is 1. The maximum absolute atomic E-state index is 14.3. The van der Waals surface area contributed by atoms with Crippen LogP contribution >= 0.6 is 0 Å². The number of amides is 2. The minimum Gasteiger partial charge on any atom is -0.466 e. The van der Waals surface area contributed by atoms with Crippen molar-refractivity contribution in [2.24, 2.45) is 0 Å². The van der Waals surface area contributed by atoms with Crippen molar-refractivity contribution in [3.8, 4) is 0 Å². The van der Waals surface area contributed by atoms with Crippen molar-refractivity contribution in [1.82, 2.24) is 10.2 Å². The molecule has 1 heterocycles. The summed E-state index contributed by atoms with van der Waals surface area (Å²) in [5.41, 5.74) is -4.35. The number of rotatable bonds is 6. The molecule has 2 rings (SSSR count). The lowest BCUT2D eigenvalue weighted by Gasteiger charge is -2.36. The van der Waals surface area contributed by atoms with E-state index in [4.69, 9.17) is 0 Å². The van der Waals surface area contributed by atoms with Gasteiger partial charge in [-0.25, -0.2) is 4.79 Å². The molecule has 1 atom stereocenters. The molecule has 0 bridgehead atoms. The molecule has 0 saturated heterocycles. The summed E-state index contributed by atoms with van der Waals surface area (Å²) >= 11 is 0. The lowest BCUT2D eigenvalue weighted by molar-refractivity contribution is -0.196. The first-order valence-electron chi connectivity index (χ1n) is 9.62. The Morgan fingerprint density at radius 3 is 2.36 bits per heavy atom. The van der Waals surface area contributed by atoms with Crippen LogP contribution in [0.2, 0.25) is 0 Å². The molecule has 0 aromatic carbocycles. The third-order valence-electron chi connectivity index (χ3n) is 5.48. The SMILES string of the molecule is CCCCC(=O)N[C@]1(C(F)(F)F)C(=O)N(C2CCCCC2)C(C)=C1C(=O)OC. The average Bonchev–Trinajstić information content (AvgIpc) is 2.87. The molecule has 9 heteroatoms. The first kappa shape index (κ1) is 22.2. The van der Waals surface area contributed by atoms with Gasteiger partial charge in [-0.05, 0) is 26.2 Å². The smallest absolute Gasteiger partial charge is 0.425 e. The molecule has 158 valence electrons. The Bertz CT molecular complexity index is 669. The van der Waals surface area contributed by atoms with E-state index in [0.717, 1.165) is 31.3 Å². The number of allylic oxidation sites excluding steroid dienone is 1. The van der Waals surface area contributed by atoms with Crippen LogP contribution in [0.1, 0.15) is 65.2 Å².